The van der Waals surface area contributed by atoms with Gasteiger partial charge in [0.2, 0.25) is 0 Å². The van der Waals surface area contributed by atoms with Crippen LogP contribution in [0.25, 0.3) is 0 Å². The van der Waals surface area contributed by atoms with Gasteiger partial charge in [-0.15, -0.1) is 10.2 Å². The van der Waals surface area contributed by atoms with Gasteiger partial charge >= 0.3 is 0 Å². The monoisotopic (exact) mass is 184 g/mol. The quantitative estimate of drug-likeness (QED) is 0.608. The van der Waals surface area contributed by atoms with Crippen molar-refractivity contribution in [3.63, 3.8) is 0 Å². The van der Waals surface area contributed by atoms with Crippen molar-refractivity contribution in [2.45, 2.75) is 13.3 Å². The Bertz CT molecular complexity index is 284. The Morgan fingerprint density at radius 1 is 1.62 bits per heavy atom. The number of ether oxygens (including phenoxy) is 1. The minimum atomic E-state index is -0.0325. The molecule has 6 heteroatoms. The fourth-order valence-corrected chi connectivity index (χ4v) is 0.837. The molecule has 13 heavy (non-hydrogen) atoms. The van der Waals surface area contributed by atoms with Crippen molar-refractivity contribution in [1.82, 2.24) is 20.2 Å². The largest absolute Gasteiger partial charge is 0.374 e. The number of hydrogen-bond donors (Lipinski definition) is 0. The van der Waals surface area contributed by atoms with E-state index in [1.54, 1.807) is 7.05 Å². The molecule has 0 amide bonds. The maximum absolute atomic E-state index is 11.1. The molecule has 0 aliphatic rings. The molecule has 1 aromatic rings. The van der Waals surface area contributed by atoms with Crippen LogP contribution >= 0.6 is 0 Å². The Balaban J connectivity index is 2.36. The smallest absolute Gasteiger partial charge is 0.182 e. The van der Waals surface area contributed by atoms with E-state index in [1.807, 2.05) is 6.92 Å². The first-order valence-corrected chi connectivity index (χ1v) is 4.04. The third-order valence-corrected chi connectivity index (χ3v) is 1.37. The number of carbonyl (C=O) groups is 1. The number of nitrogens with zero attached hydrogens (tertiary/aromatic N) is 4. The van der Waals surface area contributed by atoms with Gasteiger partial charge in [-0.2, -0.15) is 4.80 Å². The summed E-state index contributed by atoms with van der Waals surface area (Å²) in [4.78, 5) is 12.5. The van der Waals surface area contributed by atoms with Crippen molar-refractivity contribution in [2.24, 2.45) is 7.05 Å². The minimum absolute atomic E-state index is 0.0325. The molecule has 0 fully saturated rings. The van der Waals surface area contributed by atoms with Crippen LogP contribution in [-0.4, -0.2) is 39.2 Å². The van der Waals surface area contributed by atoms with Gasteiger partial charge in [0.1, 0.15) is 6.61 Å². The molecule has 1 rings (SSSR count). The van der Waals surface area contributed by atoms with Crippen LogP contribution in [0.3, 0.4) is 0 Å². The van der Waals surface area contributed by atoms with Crippen molar-refractivity contribution in [2.75, 3.05) is 13.2 Å². The summed E-state index contributed by atoms with van der Waals surface area (Å²) in [5.41, 5.74) is 0. The van der Waals surface area contributed by atoms with Gasteiger partial charge in [-0.25, -0.2) is 0 Å². The number of carbonyl (C=O) groups excluding carboxylic acids is 1. The zero-order valence-electron chi connectivity index (χ0n) is 7.73. The first-order valence-electron chi connectivity index (χ1n) is 4.04. The Hall–Kier alpha value is -1.30. The average molecular weight is 184 g/mol. The molecule has 0 unspecified atom stereocenters. The van der Waals surface area contributed by atoms with E-state index >= 15 is 0 Å². The zero-order chi connectivity index (χ0) is 9.68. The van der Waals surface area contributed by atoms with Gasteiger partial charge in [0.15, 0.2) is 11.6 Å². The first-order chi connectivity index (χ1) is 6.22. The topological polar surface area (TPSA) is 69.9 Å². The van der Waals surface area contributed by atoms with E-state index in [0.717, 1.165) is 0 Å². The van der Waals surface area contributed by atoms with Gasteiger partial charge in [0.25, 0.3) is 0 Å². The van der Waals surface area contributed by atoms with E-state index < -0.39 is 0 Å². The van der Waals surface area contributed by atoms with Crippen LogP contribution in [0.1, 0.15) is 12.7 Å². The molecule has 0 radical (unpaired) electrons. The summed E-state index contributed by atoms with van der Waals surface area (Å²) in [6.07, 6.45) is 0.188. The second kappa shape index (κ2) is 4.66. The third kappa shape index (κ3) is 3.29. The van der Waals surface area contributed by atoms with Gasteiger partial charge < -0.3 is 4.74 Å². The van der Waals surface area contributed by atoms with Crippen LogP contribution in [0.15, 0.2) is 0 Å². The SMILES string of the molecule is CCOCC(=O)Cc1nnn(C)n1. The molecular weight excluding hydrogens is 172 g/mol. The number of Topliss-reactive ketones (excluding diaryl/α,β-unsaturated/α-hetero) is 1. The number of rotatable bonds is 5. The molecule has 0 atom stereocenters. The molecule has 0 aliphatic heterocycles. The zero-order valence-corrected chi connectivity index (χ0v) is 7.73. The van der Waals surface area contributed by atoms with E-state index in [4.69, 9.17) is 4.74 Å². The fraction of sp³-hybridized carbons (Fsp3) is 0.714. The van der Waals surface area contributed by atoms with Crippen molar-refractivity contribution in [3.8, 4) is 0 Å². The summed E-state index contributed by atoms with van der Waals surface area (Å²) < 4.78 is 4.94. The highest BCUT2D eigenvalue weighted by Gasteiger charge is 2.07. The second-order valence-electron chi connectivity index (χ2n) is 2.55. The second-order valence-corrected chi connectivity index (χ2v) is 2.55. The van der Waals surface area contributed by atoms with Gasteiger partial charge in [0, 0.05) is 6.61 Å². The molecule has 72 valence electrons. The molecule has 0 aromatic carbocycles. The van der Waals surface area contributed by atoms with Crippen LogP contribution in [0.5, 0.6) is 0 Å². The number of aromatic nitrogens is 4. The van der Waals surface area contributed by atoms with Gasteiger partial charge in [0.05, 0.1) is 13.5 Å². The van der Waals surface area contributed by atoms with E-state index in [9.17, 15) is 4.79 Å². The molecule has 0 aliphatic carbocycles. The van der Waals surface area contributed by atoms with Crippen LogP contribution in [0, 0.1) is 0 Å². The lowest BCUT2D eigenvalue weighted by Crippen LogP contribution is -2.12. The highest BCUT2D eigenvalue weighted by Crippen LogP contribution is 1.89. The summed E-state index contributed by atoms with van der Waals surface area (Å²) in [6.45, 7) is 2.50. The van der Waals surface area contributed by atoms with E-state index in [1.165, 1.54) is 4.80 Å². The Kier molecular flexibility index (Phi) is 3.51. The molecule has 0 saturated heterocycles. The molecular formula is C7H12N4O2. The molecule has 0 N–H and O–H groups in total. The first kappa shape index (κ1) is 9.79. The Labute approximate surface area is 75.9 Å². The number of hydrogen-bond acceptors (Lipinski definition) is 5. The highest BCUT2D eigenvalue weighted by molar-refractivity contribution is 5.81. The molecule has 0 saturated carbocycles. The van der Waals surface area contributed by atoms with Crippen molar-refractivity contribution >= 4 is 5.78 Å². The fourth-order valence-electron chi connectivity index (χ4n) is 0.837. The maximum atomic E-state index is 11.1. The van der Waals surface area contributed by atoms with Gasteiger partial charge in [-0.1, -0.05) is 0 Å². The van der Waals surface area contributed by atoms with E-state index in [2.05, 4.69) is 15.4 Å². The molecule has 0 bridgehead atoms. The average Bonchev–Trinajstić information content (AvgIpc) is 2.48. The lowest BCUT2D eigenvalue weighted by atomic mass is 10.3. The molecule has 1 heterocycles. The number of ketones is 1. The summed E-state index contributed by atoms with van der Waals surface area (Å²) in [7, 11) is 1.66. The predicted octanol–water partition coefficient (Wildman–Crippen LogP) is -0.642. The minimum Gasteiger partial charge on any atom is -0.374 e. The lowest BCUT2D eigenvalue weighted by Gasteiger charge is -1.96. The summed E-state index contributed by atoms with van der Waals surface area (Å²) in [5, 5.41) is 11.2. The molecule has 6 nitrogen and oxygen atoms in total. The molecule has 0 spiro atoms. The van der Waals surface area contributed by atoms with E-state index in [-0.39, 0.29) is 18.8 Å². The Morgan fingerprint density at radius 3 is 2.92 bits per heavy atom. The maximum Gasteiger partial charge on any atom is 0.182 e. The van der Waals surface area contributed by atoms with Crippen molar-refractivity contribution in [3.05, 3.63) is 5.82 Å². The van der Waals surface area contributed by atoms with Crippen molar-refractivity contribution in [1.29, 1.82) is 0 Å². The summed E-state index contributed by atoms with van der Waals surface area (Å²) in [5.74, 6) is 0.405. The standard InChI is InChI=1S/C7H12N4O2/c1-3-13-5-6(12)4-7-8-10-11(2)9-7/h3-5H2,1-2H3. The van der Waals surface area contributed by atoms with Crippen LogP contribution in [0.4, 0.5) is 0 Å². The summed E-state index contributed by atoms with van der Waals surface area (Å²) >= 11 is 0. The van der Waals surface area contributed by atoms with E-state index in [0.29, 0.717) is 12.4 Å². The predicted molar refractivity (Wildman–Crippen MR) is 44.0 cm³/mol. The Morgan fingerprint density at radius 2 is 2.38 bits per heavy atom. The number of aryl methyl sites for hydroxylation is 1. The van der Waals surface area contributed by atoms with Crippen LogP contribution in [-0.2, 0) is 23.0 Å². The molecule has 1 aromatic heterocycles. The lowest BCUT2D eigenvalue weighted by molar-refractivity contribution is -0.122. The van der Waals surface area contributed by atoms with Gasteiger partial charge in [-0.3, -0.25) is 4.79 Å². The van der Waals surface area contributed by atoms with Crippen molar-refractivity contribution < 1.29 is 9.53 Å². The van der Waals surface area contributed by atoms with Crippen LogP contribution in [0.2, 0.25) is 0 Å². The summed E-state index contributed by atoms with van der Waals surface area (Å²) in [6, 6.07) is 0. The third-order valence-electron chi connectivity index (χ3n) is 1.37. The highest BCUT2D eigenvalue weighted by atomic mass is 16.5. The number of tetrazole rings is 1. The van der Waals surface area contributed by atoms with Crippen LogP contribution < -0.4 is 0 Å². The normalized spacial score (nSPS) is 10.3. The van der Waals surface area contributed by atoms with Gasteiger partial charge in [-0.05, 0) is 12.1 Å².